The molecule has 2 fully saturated rings. The Morgan fingerprint density at radius 1 is 1.26 bits per heavy atom. The quantitative estimate of drug-likeness (QED) is 0.896. The zero-order valence-electron chi connectivity index (χ0n) is 11.3. The van der Waals surface area contributed by atoms with Gasteiger partial charge in [0.05, 0.1) is 0 Å². The van der Waals surface area contributed by atoms with Crippen molar-refractivity contribution in [2.24, 2.45) is 0 Å². The molecule has 4 nitrogen and oxygen atoms in total. The molecule has 1 atom stereocenters. The molecule has 1 N–H and O–H groups in total. The zero-order chi connectivity index (χ0) is 12.2. The van der Waals surface area contributed by atoms with Gasteiger partial charge in [-0.15, -0.1) is 12.4 Å². The Kier molecular flexibility index (Phi) is 5.58. The Labute approximate surface area is 121 Å². The molecule has 106 valence electrons. The molecule has 0 bridgehead atoms. The van der Waals surface area contributed by atoms with Crippen molar-refractivity contribution in [1.82, 2.24) is 20.1 Å². The van der Waals surface area contributed by atoms with E-state index < -0.39 is 0 Å². The number of rotatable bonds is 3. The fourth-order valence-corrected chi connectivity index (χ4v) is 3.05. The molecule has 3 heterocycles. The Balaban J connectivity index is 0.00000133. The number of hydrogen-bond acceptors (Lipinski definition) is 4. The fourth-order valence-electron chi connectivity index (χ4n) is 3.05. The van der Waals surface area contributed by atoms with Gasteiger partial charge in [-0.25, -0.2) is 0 Å². The van der Waals surface area contributed by atoms with Gasteiger partial charge >= 0.3 is 0 Å². The molecule has 5 heteroatoms. The Morgan fingerprint density at radius 2 is 2.11 bits per heavy atom. The smallest absolute Gasteiger partial charge is 0.0312 e. The molecule has 19 heavy (non-hydrogen) atoms. The second kappa shape index (κ2) is 7.20. The summed E-state index contributed by atoms with van der Waals surface area (Å²) in [6, 6.07) is 4.97. The van der Waals surface area contributed by atoms with E-state index in [-0.39, 0.29) is 12.4 Å². The predicted octanol–water partition coefficient (Wildman–Crippen LogP) is 0.983. The number of piperazine rings is 1. The van der Waals surface area contributed by atoms with Crippen LogP contribution in [0.3, 0.4) is 0 Å². The first-order valence-electron chi connectivity index (χ1n) is 6.98. The van der Waals surface area contributed by atoms with Crippen LogP contribution in [0.5, 0.6) is 0 Å². The molecule has 0 aliphatic carbocycles. The van der Waals surface area contributed by atoms with Gasteiger partial charge in [0.15, 0.2) is 0 Å². The molecule has 0 spiro atoms. The number of pyridine rings is 1. The molecule has 1 aromatic heterocycles. The molecular formula is C14H23ClN4. The highest BCUT2D eigenvalue weighted by atomic mass is 35.5. The number of halogens is 1. The third-order valence-corrected chi connectivity index (χ3v) is 4.04. The topological polar surface area (TPSA) is 31.4 Å². The molecule has 1 aromatic rings. The average molecular weight is 283 g/mol. The summed E-state index contributed by atoms with van der Waals surface area (Å²) < 4.78 is 0. The van der Waals surface area contributed by atoms with Crippen LogP contribution in [0.1, 0.15) is 12.0 Å². The van der Waals surface area contributed by atoms with Gasteiger partial charge in [-0.2, -0.15) is 0 Å². The van der Waals surface area contributed by atoms with Crippen molar-refractivity contribution in [2.75, 3.05) is 39.3 Å². The predicted molar refractivity (Wildman–Crippen MR) is 79.6 cm³/mol. The largest absolute Gasteiger partial charge is 0.314 e. The molecule has 2 aliphatic heterocycles. The molecule has 2 saturated heterocycles. The number of nitrogens with one attached hydrogen (secondary N) is 1. The van der Waals surface area contributed by atoms with Crippen molar-refractivity contribution in [3.8, 4) is 0 Å². The summed E-state index contributed by atoms with van der Waals surface area (Å²) in [4.78, 5) is 9.40. The Hall–Kier alpha value is -0.680. The maximum Gasteiger partial charge on any atom is 0.0312 e. The molecule has 0 aromatic carbocycles. The van der Waals surface area contributed by atoms with Crippen molar-refractivity contribution in [3.05, 3.63) is 30.1 Å². The lowest BCUT2D eigenvalue weighted by Crippen LogP contribution is -2.49. The minimum atomic E-state index is 0. The van der Waals surface area contributed by atoms with Crippen LogP contribution in [0.25, 0.3) is 0 Å². The van der Waals surface area contributed by atoms with Crippen molar-refractivity contribution in [3.63, 3.8) is 0 Å². The Morgan fingerprint density at radius 3 is 2.84 bits per heavy atom. The van der Waals surface area contributed by atoms with Crippen LogP contribution in [0, 0.1) is 0 Å². The normalized spacial score (nSPS) is 25.2. The first kappa shape index (κ1) is 14.7. The fraction of sp³-hybridized carbons (Fsp3) is 0.643. The van der Waals surface area contributed by atoms with E-state index in [9.17, 15) is 0 Å². The molecular weight excluding hydrogens is 260 g/mol. The van der Waals surface area contributed by atoms with Crippen LogP contribution in [0.2, 0.25) is 0 Å². The van der Waals surface area contributed by atoms with Gasteiger partial charge in [-0.1, -0.05) is 6.07 Å². The lowest BCUT2D eigenvalue weighted by Gasteiger charge is -2.32. The number of aromatic nitrogens is 1. The van der Waals surface area contributed by atoms with Crippen molar-refractivity contribution < 1.29 is 0 Å². The lowest BCUT2D eigenvalue weighted by molar-refractivity contribution is 0.170. The molecule has 1 unspecified atom stereocenters. The SMILES string of the molecule is Cl.c1cncc(CN2CCC(N3CCNCC3)C2)c1. The summed E-state index contributed by atoms with van der Waals surface area (Å²) in [5, 5.41) is 3.43. The van der Waals surface area contributed by atoms with Gasteiger partial charge in [0.1, 0.15) is 0 Å². The third-order valence-electron chi connectivity index (χ3n) is 4.04. The first-order valence-corrected chi connectivity index (χ1v) is 6.98. The van der Waals surface area contributed by atoms with E-state index in [1.165, 1.54) is 38.2 Å². The minimum Gasteiger partial charge on any atom is -0.314 e. The maximum absolute atomic E-state index is 4.19. The van der Waals surface area contributed by atoms with Gasteiger partial charge in [-0.05, 0) is 18.1 Å². The summed E-state index contributed by atoms with van der Waals surface area (Å²) in [7, 11) is 0. The van der Waals surface area contributed by atoms with Gasteiger partial charge < -0.3 is 5.32 Å². The molecule has 0 amide bonds. The van der Waals surface area contributed by atoms with E-state index in [1.54, 1.807) is 0 Å². The molecule has 2 aliphatic rings. The molecule has 3 rings (SSSR count). The van der Waals surface area contributed by atoms with Crippen LogP contribution in [-0.2, 0) is 6.54 Å². The van der Waals surface area contributed by atoms with Gasteiger partial charge in [0.25, 0.3) is 0 Å². The van der Waals surface area contributed by atoms with E-state index in [4.69, 9.17) is 0 Å². The van der Waals surface area contributed by atoms with E-state index in [2.05, 4.69) is 26.2 Å². The van der Waals surface area contributed by atoms with Gasteiger partial charge in [0.2, 0.25) is 0 Å². The average Bonchev–Trinajstić information content (AvgIpc) is 2.89. The van der Waals surface area contributed by atoms with Crippen molar-refractivity contribution in [2.45, 2.75) is 19.0 Å². The third kappa shape index (κ3) is 3.89. The minimum absolute atomic E-state index is 0. The second-order valence-corrected chi connectivity index (χ2v) is 5.32. The van der Waals surface area contributed by atoms with Crippen molar-refractivity contribution >= 4 is 12.4 Å². The molecule has 0 saturated carbocycles. The van der Waals surface area contributed by atoms with Crippen LogP contribution >= 0.6 is 12.4 Å². The van der Waals surface area contributed by atoms with Gasteiger partial charge in [-0.3, -0.25) is 14.8 Å². The van der Waals surface area contributed by atoms with E-state index in [0.717, 1.165) is 25.7 Å². The van der Waals surface area contributed by atoms with E-state index >= 15 is 0 Å². The highest BCUT2D eigenvalue weighted by molar-refractivity contribution is 5.85. The number of hydrogen-bond donors (Lipinski definition) is 1. The number of nitrogens with zero attached hydrogens (tertiary/aromatic N) is 3. The van der Waals surface area contributed by atoms with Crippen LogP contribution in [0.4, 0.5) is 0 Å². The number of likely N-dealkylation sites (tertiary alicyclic amines) is 1. The lowest BCUT2D eigenvalue weighted by atomic mass is 10.2. The summed E-state index contributed by atoms with van der Waals surface area (Å²) in [6.07, 6.45) is 5.15. The van der Waals surface area contributed by atoms with E-state index in [0.29, 0.717) is 0 Å². The van der Waals surface area contributed by atoms with Crippen molar-refractivity contribution in [1.29, 1.82) is 0 Å². The van der Waals surface area contributed by atoms with E-state index in [1.807, 2.05) is 18.5 Å². The molecule has 0 radical (unpaired) electrons. The van der Waals surface area contributed by atoms with Crippen LogP contribution in [-0.4, -0.2) is 60.1 Å². The second-order valence-electron chi connectivity index (χ2n) is 5.32. The standard InChI is InChI=1S/C14H22N4.ClH/c1-2-13(10-16-4-1)11-17-7-3-14(12-17)18-8-5-15-6-9-18;/h1-2,4,10,14-15H,3,5-9,11-12H2;1H. The zero-order valence-corrected chi connectivity index (χ0v) is 12.1. The maximum atomic E-state index is 4.19. The summed E-state index contributed by atoms with van der Waals surface area (Å²) in [5.41, 5.74) is 1.33. The summed E-state index contributed by atoms with van der Waals surface area (Å²) in [5.74, 6) is 0. The van der Waals surface area contributed by atoms with Gasteiger partial charge in [0, 0.05) is 64.2 Å². The highest BCUT2D eigenvalue weighted by Gasteiger charge is 2.28. The van der Waals surface area contributed by atoms with Crippen LogP contribution < -0.4 is 5.32 Å². The summed E-state index contributed by atoms with van der Waals surface area (Å²) >= 11 is 0. The summed E-state index contributed by atoms with van der Waals surface area (Å²) in [6.45, 7) is 8.23. The first-order chi connectivity index (χ1) is 8.92. The van der Waals surface area contributed by atoms with Crippen LogP contribution in [0.15, 0.2) is 24.5 Å². The highest BCUT2D eigenvalue weighted by Crippen LogP contribution is 2.18. The Bertz CT molecular complexity index is 367. The monoisotopic (exact) mass is 282 g/mol.